The number of benzene rings is 1. The molecule has 6 nitrogen and oxygen atoms in total. The highest BCUT2D eigenvalue weighted by atomic mass is 16.7. The molecule has 0 unspecified atom stereocenters. The van der Waals surface area contributed by atoms with Gasteiger partial charge in [0.1, 0.15) is 0 Å². The quantitative estimate of drug-likeness (QED) is 0.503. The average molecular weight is 538 g/mol. The van der Waals surface area contributed by atoms with Crippen LogP contribution in [0.1, 0.15) is 77.2 Å². The largest absolute Gasteiger partial charge is 0.385 e. The molecule has 2 heterocycles. The smallest absolute Gasteiger partial charge is 0.171 e. The van der Waals surface area contributed by atoms with E-state index in [-0.39, 0.29) is 17.3 Å². The number of anilines is 1. The highest BCUT2D eigenvalue weighted by Crippen LogP contribution is 2.69. The Bertz CT molecular complexity index is 1130. The molecule has 6 heteroatoms. The predicted molar refractivity (Wildman–Crippen MR) is 150 cm³/mol. The van der Waals surface area contributed by atoms with Crippen molar-refractivity contribution in [3.05, 3.63) is 41.0 Å². The molecule has 2 aliphatic heterocycles. The minimum Gasteiger partial charge on any atom is -0.385 e. The highest BCUT2D eigenvalue weighted by molar-refractivity contribution is 5.50. The van der Waals surface area contributed by atoms with Crippen LogP contribution in [-0.4, -0.2) is 62.8 Å². The number of hydrogen-bond acceptors (Lipinski definition) is 6. The van der Waals surface area contributed by atoms with E-state index in [1.807, 2.05) is 0 Å². The molecule has 0 aromatic heterocycles. The van der Waals surface area contributed by atoms with E-state index in [1.165, 1.54) is 23.2 Å². The van der Waals surface area contributed by atoms with Crippen LogP contribution in [0.15, 0.2) is 35.4 Å². The molecule has 0 bridgehead atoms. The fraction of sp³-hybridized carbons (Fsp3) is 0.758. The molecular weight excluding hydrogens is 490 g/mol. The van der Waals surface area contributed by atoms with Crippen molar-refractivity contribution < 1.29 is 24.1 Å². The number of nitrogens with zero attached hydrogens (tertiary/aromatic N) is 1. The van der Waals surface area contributed by atoms with E-state index >= 15 is 0 Å². The molecule has 1 aromatic rings. The Hall–Kier alpha value is -1.44. The van der Waals surface area contributed by atoms with Crippen molar-refractivity contribution in [3.63, 3.8) is 0 Å². The van der Waals surface area contributed by atoms with Crippen molar-refractivity contribution in [2.24, 2.45) is 29.1 Å². The van der Waals surface area contributed by atoms with Gasteiger partial charge in [0.05, 0.1) is 32.0 Å². The minimum atomic E-state index is -0.869. The second kappa shape index (κ2) is 9.03. The summed E-state index contributed by atoms with van der Waals surface area (Å²) in [5, 5.41) is 12.5. The van der Waals surface area contributed by atoms with Crippen LogP contribution in [0.5, 0.6) is 0 Å². The van der Waals surface area contributed by atoms with Crippen LogP contribution in [0.3, 0.4) is 0 Å². The molecule has 0 radical (unpaired) electrons. The lowest BCUT2D eigenvalue weighted by molar-refractivity contribution is -0.220. The monoisotopic (exact) mass is 537 g/mol. The Kier molecular flexibility index (Phi) is 6.12. The molecule has 7 atom stereocenters. The summed E-state index contributed by atoms with van der Waals surface area (Å²) in [6, 6.07) is 9.20. The van der Waals surface area contributed by atoms with Crippen molar-refractivity contribution in [3.8, 4) is 0 Å². The normalized spacial score (nSPS) is 42.4. The lowest BCUT2D eigenvalue weighted by atomic mass is 9.48. The van der Waals surface area contributed by atoms with Crippen LogP contribution in [0.4, 0.5) is 5.69 Å². The third-order valence-corrected chi connectivity index (χ3v) is 12.0. The Morgan fingerprint density at radius 1 is 0.923 bits per heavy atom. The maximum Gasteiger partial charge on any atom is 0.171 e. The first-order chi connectivity index (χ1) is 18.6. The van der Waals surface area contributed by atoms with Crippen molar-refractivity contribution in [1.82, 2.24) is 0 Å². The van der Waals surface area contributed by atoms with E-state index in [2.05, 4.69) is 64.0 Å². The number of fused-ring (bicyclic) bond motifs is 4. The molecular formula is C33H47NO5. The van der Waals surface area contributed by atoms with E-state index in [4.69, 9.17) is 18.9 Å². The third-order valence-electron chi connectivity index (χ3n) is 12.0. The summed E-state index contributed by atoms with van der Waals surface area (Å²) in [7, 11) is 4.20. The van der Waals surface area contributed by atoms with Gasteiger partial charge in [-0.05, 0) is 85.5 Å². The molecule has 214 valence electrons. The maximum atomic E-state index is 12.5. The lowest BCUT2D eigenvalue weighted by Gasteiger charge is -2.59. The summed E-state index contributed by atoms with van der Waals surface area (Å²) < 4.78 is 25.0. The number of aliphatic hydroxyl groups is 1. The van der Waals surface area contributed by atoms with Crippen LogP contribution in [-0.2, 0) is 18.9 Å². The third kappa shape index (κ3) is 3.85. The number of ether oxygens (including phenoxy) is 4. The Labute approximate surface area is 234 Å². The molecule has 1 aromatic carbocycles. The molecule has 1 N–H and O–H groups in total. The molecule has 6 aliphatic rings. The Morgan fingerprint density at radius 2 is 1.59 bits per heavy atom. The van der Waals surface area contributed by atoms with Gasteiger partial charge in [0.25, 0.3) is 0 Å². The van der Waals surface area contributed by atoms with Gasteiger partial charge in [0.2, 0.25) is 0 Å². The first-order valence-electron chi connectivity index (χ1n) is 15.4. The number of rotatable bonds is 3. The SMILES string of the molecule is C[C@H]1C[C@@H]2C(=C3CCC4(C[C@@]31O)OCCO4)[C@@H](c1ccc(N(C)C)cc1)C[C@]1(C)[C@@H](C3(C)OCCO3)CC[C@@H]21. The lowest BCUT2D eigenvalue weighted by Crippen LogP contribution is -2.57. The molecule has 3 saturated carbocycles. The van der Waals surface area contributed by atoms with Gasteiger partial charge in [-0.2, -0.15) is 0 Å². The van der Waals surface area contributed by atoms with Crippen molar-refractivity contribution in [2.45, 2.75) is 88.8 Å². The van der Waals surface area contributed by atoms with Crippen LogP contribution in [0.2, 0.25) is 0 Å². The summed E-state index contributed by atoms with van der Waals surface area (Å²) in [5.74, 6) is 0.763. The molecule has 7 rings (SSSR count). The summed E-state index contributed by atoms with van der Waals surface area (Å²) in [5.41, 5.74) is 4.69. The molecule has 0 amide bonds. The number of allylic oxidation sites excluding steroid dienone is 1. The zero-order valence-corrected chi connectivity index (χ0v) is 24.5. The summed E-state index contributed by atoms with van der Waals surface area (Å²) in [6.07, 6.45) is 6.70. The molecule has 39 heavy (non-hydrogen) atoms. The summed E-state index contributed by atoms with van der Waals surface area (Å²) in [6.45, 7) is 9.65. The van der Waals surface area contributed by atoms with Gasteiger partial charge < -0.3 is 29.0 Å². The van der Waals surface area contributed by atoms with Crippen molar-refractivity contribution in [2.75, 3.05) is 45.4 Å². The van der Waals surface area contributed by atoms with Gasteiger partial charge in [-0.1, -0.05) is 31.6 Å². The van der Waals surface area contributed by atoms with Crippen LogP contribution >= 0.6 is 0 Å². The van der Waals surface area contributed by atoms with Crippen LogP contribution < -0.4 is 4.90 Å². The fourth-order valence-electron chi connectivity index (χ4n) is 10.2. The fourth-order valence-corrected chi connectivity index (χ4v) is 10.2. The first-order valence-corrected chi connectivity index (χ1v) is 15.4. The van der Waals surface area contributed by atoms with E-state index in [0.29, 0.717) is 50.6 Å². The van der Waals surface area contributed by atoms with E-state index in [0.717, 1.165) is 32.1 Å². The van der Waals surface area contributed by atoms with Gasteiger partial charge in [-0.25, -0.2) is 0 Å². The maximum absolute atomic E-state index is 12.5. The van der Waals surface area contributed by atoms with E-state index in [9.17, 15) is 5.11 Å². The molecule has 1 spiro atoms. The number of hydrogen-bond donors (Lipinski definition) is 1. The molecule has 5 fully saturated rings. The zero-order chi connectivity index (χ0) is 27.2. The Balaban J connectivity index is 1.35. The standard InChI is InChI=1S/C33H47NO5/c1-21-18-24-26-10-11-28(31(3)36-14-15-37-31)30(26,2)19-25(22-6-8-23(9-7-22)34(4)5)29(24)27-12-13-32(20-33(21,27)35)38-16-17-39-32/h6-9,21,24-26,28,35H,10-20H2,1-5H3/t21-,24-,25+,26-,28-,30-,33-/m0/s1. The predicted octanol–water partition coefficient (Wildman–Crippen LogP) is 5.65. The van der Waals surface area contributed by atoms with Gasteiger partial charge in [-0.3, -0.25) is 0 Å². The van der Waals surface area contributed by atoms with E-state index < -0.39 is 17.2 Å². The van der Waals surface area contributed by atoms with Gasteiger partial charge in [-0.15, -0.1) is 0 Å². The van der Waals surface area contributed by atoms with Crippen molar-refractivity contribution in [1.29, 1.82) is 0 Å². The van der Waals surface area contributed by atoms with Crippen LogP contribution in [0.25, 0.3) is 0 Å². The van der Waals surface area contributed by atoms with E-state index in [1.54, 1.807) is 5.57 Å². The second-order valence-corrected chi connectivity index (χ2v) is 14.1. The van der Waals surface area contributed by atoms with Crippen molar-refractivity contribution >= 4 is 5.69 Å². The molecule has 2 saturated heterocycles. The first kappa shape index (κ1) is 26.5. The summed E-state index contributed by atoms with van der Waals surface area (Å²) in [4.78, 5) is 2.17. The highest BCUT2D eigenvalue weighted by Gasteiger charge is 2.65. The zero-order valence-electron chi connectivity index (χ0n) is 24.5. The van der Waals surface area contributed by atoms with Crippen LogP contribution in [0, 0.1) is 29.1 Å². The average Bonchev–Trinajstić information content (AvgIpc) is 3.63. The minimum absolute atomic E-state index is 0.113. The molecule has 4 aliphatic carbocycles. The van der Waals surface area contributed by atoms with Gasteiger partial charge in [0.15, 0.2) is 11.6 Å². The topological polar surface area (TPSA) is 60.4 Å². The second-order valence-electron chi connectivity index (χ2n) is 14.1. The van der Waals surface area contributed by atoms with Gasteiger partial charge >= 0.3 is 0 Å². The van der Waals surface area contributed by atoms with Gasteiger partial charge in [0, 0.05) is 44.5 Å². The summed E-state index contributed by atoms with van der Waals surface area (Å²) >= 11 is 0. The Morgan fingerprint density at radius 3 is 2.26 bits per heavy atom.